The van der Waals surface area contributed by atoms with Crippen molar-refractivity contribution in [2.45, 2.75) is 46.0 Å². The maximum Gasteiger partial charge on any atom is 0.490 e. The van der Waals surface area contributed by atoms with E-state index in [9.17, 15) is 31.9 Å². The van der Waals surface area contributed by atoms with E-state index < -0.39 is 29.9 Å². The molecule has 4 rings (SSSR count). The number of aliphatic carboxylic acids is 1. The Morgan fingerprint density at radius 3 is 2.21 bits per heavy atom. The lowest BCUT2D eigenvalue weighted by molar-refractivity contribution is -0.192. The van der Waals surface area contributed by atoms with Gasteiger partial charge in [0.05, 0.1) is 6.04 Å². The van der Waals surface area contributed by atoms with Gasteiger partial charge in [-0.15, -0.1) is 0 Å². The monoisotopic (exact) mass is 595 g/mol. The minimum atomic E-state index is -5.08. The van der Waals surface area contributed by atoms with Gasteiger partial charge in [0, 0.05) is 49.2 Å². The highest BCUT2D eigenvalue weighted by Gasteiger charge is 2.38. The molecule has 1 amide bonds. The highest BCUT2D eigenvalue weighted by Crippen LogP contribution is 2.37. The molecule has 7 nitrogen and oxygen atoms in total. The van der Waals surface area contributed by atoms with Gasteiger partial charge in [-0.05, 0) is 47.6 Å². The topological polar surface area (TPSA) is 94.8 Å². The molecule has 42 heavy (non-hydrogen) atoms. The summed E-state index contributed by atoms with van der Waals surface area (Å²) in [5.41, 5.74) is 2.76. The van der Waals surface area contributed by atoms with Gasteiger partial charge in [-0.25, -0.2) is 18.4 Å². The van der Waals surface area contributed by atoms with Gasteiger partial charge >= 0.3 is 18.2 Å². The van der Waals surface area contributed by atoms with Gasteiger partial charge in [-0.1, -0.05) is 51.1 Å². The summed E-state index contributed by atoms with van der Waals surface area (Å²) in [7, 11) is 0. The number of halogens is 5. The third kappa shape index (κ3) is 8.78. The number of likely N-dealkylation sites (tertiary alicyclic amines) is 1. The van der Waals surface area contributed by atoms with Crippen molar-refractivity contribution < 1.29 is 41.8 Å². The average molecular weight is 596 g/mol. The molecular formula is C30H34F5N3O4. The van der Waals surface area contributed by atoms with E-state index in [-0.39, 0.29) is 22.9 Å². The number of hydrogen-bond acceptors (Lipinski definition) is 3. The lowest BCUT2D eigenvalue weighted by Gasteiger charge is -2.33. The predicted molar refractivity (Wildman–Crippen MR) is 147 cm³/mol. The molecule has 1 fully saturated rings. The smallest absolute Gasteiger partial charge is 0.475 e. The first-order valence-electron chi connectivity index (χ1n) is 13.3. The van der Waals surface area contributed by atoms with Crippen molar-refractivity contribution in [3.05, 3.63) is 83.7 Å². The summed E-state index contributed by atoms with van der Waals surface area (Å²) in [4.78, 5) is 21.7. The number of amides is 1. The Labute approximate surface area is 240 Å². The van der Waals surface area contributed by atoms with Crippen LogP contribution in [0.4, 0.5) is 26.7 Å². The fraction of sp³-hybridized carbons (Fsp3) is 0.400. The molecule has 0 saturated carbocycles. The molecule has 0 unspecified atom stereocenters. The molecule has 3 aromatic rings. The average Bonchev–Trinajstić information content (AvgIpc) is 3.53. The number of nitrogens with one attached hydrogen (secondary N) is 1. The van der Waals surface area contributed by atoms with Gasteiger partial charge in [0.25, 0.3) is 0 Å². The first-order valence-corrected chi connectivity index (χ1v) is 13.3. The van der Waals surface area contributed by atoms with E-state index in [1.165, 1.54) is 11.0 Å². The van der Waals surface area contributed by atoms with Crippen molar-refractivity contribution in [2.75, 3.05) is 19.6 Å². The Bertz CT molecular complexity index is 1370. The molecule has 0 spiro atoms. The minimum absolute atomic E-state index is 0.0875. The molecular weight excluding hydrogens is 561 g/mol. The van der Waals surface area contributed by atoms with Gasteiger partial charge in [-0.2, -0.15) is 13.2 Å². The molecule has 12 heteroatoms. The summed E-state index contributed by atoms with van der Waals surface area (Å²) < 4.78 is 62.5. The van der Waals surface area contributed by atoms with Crippen LogP contribution in [-0.4, -0.2) is 57.6 Å². The number of benzene rings is 2. The maximum absolute atomic E-state index is 14.7. The van der Waals surface area contributed by atoms with Crippen molar-refractivity contribution in [1.82, 2.24) is 14.8 Å². The largest absolute Gasteiger partial charge is 0.490 e. The zero-order valence-electron chi connectivity index (χ0n) is 23.5. The Balaban J connectivity index is 0.000000616. The molecule has 2 heterocycles. The number of nitrogens with zero attached hydrogens (tertiary/aromatic N) is 2. The number of carboxylic acid groups (broad SMARTS) is 2. The summed E-state index contributed by atoms with van der Waals surface area (Å²) in [6.45, 7) is 8.77. The Morgan fingerprint density at radius 2 is 1.67 bits per heavy atom. The predicted octanol–water partition coefficient (Wildman–Crippen LogP) is 6.79. The van der Waals surface area contributed by atoms with E-state index in [0.29, 0.717) is 31.7 Å². The van der Waals surface area contributed by atoms with Crippen LogP contribution in [-0.2, 0) is 11.3 Å². The summed E-state index contributed by atoms with van der Waals surface area (Å²) in [5, 5.41) is 20.1. The molecule has 0 aliphatic carbocycles. The number of rotatable bonds is 7. The molecule has 1 saturated heterocycles. The summed E-state index contributed by atoms with van der Waals surface area (Å²) in [6, 6.07) is 15.4. The van der Waals surface area contributed by atoms with E-state index in [1.807, 2.05) is 42.6 Å². The second kappa shape index (κ2) is 13.4. The zero-order valence-corrected chi connectivity index (χ0v) is 23.5. The van der Waals surface area contributed by atoms with Crippen molar-refractivity contribution in [3.63, 3.8) is 0 Å². The quantitative estimate of drug-likeness (QED) is 0.262. The van der Waals surface area contributed by atoms with E-state index in [4.69, 9.17) is 9.90 Å². The molecule has 2 aromatic carbocycles. The van der Waals surface area contributed by atoms with Crippen molar-refractivity contribution in [3.8, 4) is 11.1 Å². The normalized spacial score (nSPS) is 16.1. The summed E-state index contributed by atoms with van der Waals surface area (Å²) in [6.07, 6.45) is -3.25. The fourth-order valence-corrected chi connectivity index (χ4v) is 4.87. The fourth-order valence-electron chi connectivity index (χ4n) is 4.87. The first kappa shape index (κ1) is 32.6. The van der Waals surface area contributed by atoms with Gasteiger partial charge in [0.15, 0.2) is 0 Å². The van der Waals surface area contributed by atoms with Gasteiger partial charge in [-0.3, -0.25) is 0 Å². The SMILES string of the molecule is CC(C)(C)[C@@H](NC[C@H]1CCN(C(=O)O)C1)c1cc(-c2cc(F)ccc2F)cn1Cc1ccccc1.O=C(O)C(F)(F)F. The van der Waals surface area contributed by atoms with Crippen LogP contribution in [0.3, 0.4) is 0 Å². The maximum atomic E-state index is 14.7. The number of aromatic nitrogens is 1. The molecule has 228 valence electrons. The van der Waals surface area contributed by atoms with Crippen LogP contribution in [0.5, 0.6) is 0 Å². The Hall–Kier alpha value is -3.93. The molecule has 0 bridgehead atoms. The second-order valence-electron chi connectivity index (χ2n) is 11.3. The second-order valence-corrected chi connectivity index (χ2v) is 11.3. The van der Waals surface area contributed by atoms with Gasteiger partial charge in [0.1, 0.15) is 11.6 Å². The van der Waals surface area contributed by atoms with Gasteiger partial charge < -0.3 is 25.0 Å². The van der Waals surface area contributed by atoms with Crippen molar-refractivity contribution in [1.29, 1.82) is 0 Å². The minimum Gasteiger partial charge on any atom is -0.475 e. The third-order valence-corrected chi connectivity index (χ3v) is 6.94. The third-order valence-electron chi connectivity index (χ3n) is 6.94. The highest BCUT2D eigenvalue weighted by molar-refractivity contribution is 5.73. The van der Waals surface area contributed by atoms with E-state index in [1.54, 1.807) is 0 Å². The van der Waals surface area contributed by atoms with Crippen LogP contribution in [0.25, 0.3) is 11.1 Å². The van der Waals surface area contributed by atoms with Crippen LogP contribution < -0.4 is 5.32 Å². The molecule has 1 aliphatic heterocycles. The first-order chi connectivity index (χ1) is 19.6. The van der Waals surface area contributed by atoms with Crippen LogP contribution in [0.1, 0.15) is 44.5 Å². The Kier molecular flexibility index (Phi) is 10.4. The Morgan fingerprint density at radius 1 is 1.02 bits per heavy atom. The van der Waals surface area contributed by atoms with Crippen LogP contribution in [0, 0.1) is 23.0 Å². The van der Waals surface area contributed by atoms with E-state index >= 15 is 0 Å². The molecule has 2 atom stereocenters. The molecule has 3 N–H and O–H groups in total. The molecule has 1 aromatic heterocycles. The number of carboxylic acids is 1. The number of hydrogen-bond donors (Lipinski definition) is 3. The molecule has 0 radical (unpaired) electrons. The van der Waals surface area contributed by atoms with Gasteiger partial charge in [0.2, 0.25) is 0 Å². The van der Waals surface area contributed by atoms with Crippen LogP contribution >= 0.6 is 0 Å². The van der Waals surface area contributed by atoms with Crippen LogP contribution in [0.2, 0.25) is 0 Å². The van der Waals surface area contributed by atoms with E-state index in [0.717, 1.165) is 29.8 Å². The number of alkyl halides is 3. The number of carbonyl (C=O) groups is 2. The summed E-state index contributed by atoms with van der Waals surface area (Å²) in [5.74, 6) is -3.47. The van der Waals surface area contributed by atoms with Crippen molar-refractivity contribution >= 4 is 12.1 Å². The van der Waals surface area contributed by atoms with Crippen molar-refractivity contribution in [2.24, 2.45) is 11.3 Å². The lowest BCUT2D eigenvalue weighted by Crippen LogP contribution is -2.37. The molecule has 1 aliphatic rings. The van der Waals surface area contributed by atoms with E-state index in [2.05, 4.69) is 30.7 Å². The zero-order chi connectivity index (χ0) is 31.2. The highest BCUT2D eigenvalue weighted by atomic mass is 19.4. The lowest BCUT2D eigenvalue weighted by atomic mass is 9.84. The standard InChI is InChI=1S/C28H33F2N3O2.C2HF3O2/c1-28(2,3)26(31-15-20-11-12-32(17-20)27(34)35)25-13-21(23-14-22(29)9-10-24(23)30)18-33(25)16-19-7-5-4-6-8-19;3-2(4,5)1(6)7/h4-10,13-14,18,20,26,31H,11-12,15-17H2,1-3H3,(H,34,35);(H,6,7)/t20-,26+;/m1./s1. The van der Waals surface area contributed by atoms with Crippen LogP contribution in [0.15, 0.2) is 60.8 Å². The summed E-state index contributed by atoms with van der Waals surface area (Å²) >= 11 is 0.